The van der Waals surface area contributed by atoms with Gasteiger partial charge >= 0.3 is 51.4 Å². The van der Waals surface area contributed by atoms with Gasteiger partial charge in [-0.25, -0.2) is 9.50 Å². The minimum Gasteiger partial charge on any atom is -0.550 e. The maximum Gasteiger partial charge on any atom is 1.00 e. The van der Waals surface area contributed by atoms with E-state index in [4.69, 9.17) is 0 Å². The molecular weight excluding hydrogens is 315 g/mol. The van der Waals surface area contributed by atoms with Crippen LogP contribution in [0.3, 0.4) is 0 Å². The Morgan fingerprint density at radius 2 is 2.18 bits per heavy atom. The molecule has 2 aromatic heterocycles. The van der Waals surface area contributed by atoms with Crippen molar-refractivity contribution in [3.8, 4) is 0 Å². The maximum atomic E-state index is 12.0. The van der Waals surface area contributed by atoms with Crippen LogP contribution < -0.4 is 61.8 Å². The number of amides is 1. The number of carbonyl (C=O) groups excluding carboxylic acids is 2. The summed E-state index contributed by atoms with van der Waals surface area (Å²) in [4.78, 5) is 26.4. The molecule has 9 heteroatoms. The quantitative estimate of drug-likeness (QED) is 0.517. The number of aliphatic carboxylic acids is 1. The van der Waals surface area contributed by atoms with E-state index in [-0.39, 0.29) is 70.8 Å². The van der Waals surface area contributed by atoms with Crippen molar-refractivity contribution in [1.29, 1.82) is 0 Å². The smallest absolute Gasteiger partial charge is 0.550 e. The monoisotopic (exact) mass is 330 g/mol. The molecule has 2 rings (SSSR count). The Labute approximate surface area is 169 Å². The summed E-state index contributed by atoms with van der Waals surface area (Å²) in [5, 5.41) is 26.4. The number of hydrogen-bond donors (Lipinski definition) is 2. The van der Waals surface area contributed by atoms with Gasteiger partial charge in [-0.3, -0.25) is 4.79 Å². The summed E-state index contributed by atoms with van der Waals surface area (Å²) in [7, 11) is 0. The van der Waals surface area contributed by atoms with Crippen molar-refractivity contribution >= 4 is 17.5 Å². The van der Waals surface area contributed by atoms with Gasteiger partial charge in [0.1, 0.15) is 5.56 Å². The second-order valence-electron chi connectivity index (χ2n) is 4.73. The minimum atomic E-state index is -1.23. The zero-order chi connectivity index (χ0) is 15.4. The largest absolute Gasteiger partial charge is 1.00 e. The fraction of sp³-hybridized carbons (Fsp3) is 0.385. The Bertz CT molecular complexity index is 673. The normalized spacial score (nSPS) is 11.7. The molecule has 22 heavy (non-hydrogen) atoms. The van der Waals surface area contributed by atoms with Gasteiger partial charge in [-0.15, -0.1) is 0 Å². The number of nitrogens with one attached hydrogen (secondary N) is 1. The topological polar surface area (TPSA) is 120 Å². The van der Waals surface area contributed by atoms with Crippen molar-refractivity contribution in [1.82, 2.24) is 19.9 Å². The summed E-state index contributed by atoms with van der Waals surface area (Å²) in [6.45, 7) is 1.82. The molecule has 0 bridgehead atoms. The van der Waals surface area contributed by atoms with Gasteiger partial charge in [-0.1, -0.05) is 0 Å². The second kappa shape index (κ2) is 8.70. The fourth-order valence-electron chi connectivity index (χ4n) is 1.82. The molecule has 2 N–H and O–H groups in total. The number of aliphatic hydroxyl groups excluding tert-OH is 1. The molecule has 0 aliphatic heterocycles. The molecule has 2 heterocycles. The van der Waals surface area contributed by atoms with Gasteiger partial charge in [0.15, 0.2) is 5.65 Å². The van der Waals surface area contributed by atoms with Gasteiger partial charge in [0, 0.05) is 24.9 Å². The Kier molecular flexibility index (Phi) is 7.60. The van der Waals surface area contributed by atoms with Crippen molar-refractivity contribution in [3.63, 3.8) is 0 Å². The number of aliphatic hydroxyl groups is 1. The van der Waals surface area contributed by atoms with E-state index in [1.165, 1.54) is 10.7 Å². The van der Waals surface area contributed by atoms with Crippen molar-refractivity contribution in [2.75, 3.05) is 6.54 Å². The van der Waals surface area contributed by atoms with E-state index >= 15 is 0 Å². The molecule has 0 aliphatic carbocycles. The van der Waals surface area contributed by atoms with Crippen molar-refractivity contribution in [3.05, 3.63) is 29.7 Å². The summed E-state index contributed by atoms with van der Waals surface area (Å²) in [6.07, 6.45) is 3.59. The molecule has 2 aromatic rings. The Morgan fingerprint density at radius 1 is 1.45 bits per heavy atom. The zero-order valence-electron chi connectivity index (χ0n) is 12.4. The molecule has 1 unspecified atom stereocenters. The third-order valence-corrected chi connectivity index (χ3v) is 2.91. The van der Waals surface area contributed by atoms with Gasteiger partial charge in [0.2, 0.25) is 0 Å². The predicted octanol–water partition coefficient (Wildman–Crippen LogP) is -4.34. The first-order chi connectivity index (χ1) is 9.97. The predicted molar refractivity (Wildman–Crippen MR) is 70.3 cm³/mol. The first-order valence-electron chi connectivity index (χ1n) is 6.43. The van der Waals surface area contributed by atoms with E-state index in [9.17, 15) is 19.8 Å². The molecule has 0 aliphatic rings. The van der Waals surface area contributed by atoms with E-state index in [1.807, 2.05) is 6.92 Å². The molecule has 0 saturated heterocycles. The standard InChI is InChI=1S/C13H16N4O4.K/c1-8-4-14-12-10(6-16-17(12)7-8)13(21)15-5-9(18)2-3-11(19)20;/h4,6-7,9,18H,2-3,5H2,1H3,(H,15,21)(H,19,20);/q;+1/p-1. The van der Waals surface area contributed by atoms with Gasteiger partial charge < -0.3 is 20.3 Å². The van der Waals surface area contributed by atoms with E-state index < -0.39 is 18.0 Å². The zero-order valence-corrected chi connectivity index (χ0v) is 15.6. The summed E-state index contributed by atoms with van der Waals surface area (Å²) < 4.78 is 1.50. The molecule has 0 saturated carbocycles. The van der Waals surface area contributed by atoms with Crippen molar-refractivity contribution in [2.24, 2.45) is 0 Å². The molecule has 0 aromatic carbocycles. The van der Waals surface area contributed by atoms with E-state index in [2.05, 4.69) is 15.4 Å². The van der Waals surface area contributed by atoms with Crippen molar-refractivity contribution < 1.29 is 71.2 Å². The number of nitrogens with zero attached hydrogens (tertiary/aromatic N) is 3. The molecule has 8 nitrogen and oxygen atoms in total. The maximum absolute atomic E-state index is 12.0. The Morgan fingerprint density at radius 3 is 2.86 bits per heavy atom. The number of carboxylic acid groups (broad SMARTS) is 1. The van der Waals surface area contributed by atoms with Crippen LogP contribution in [0, 0.1) is 6.92 Å². The van der Waals surface area contributed by atoms with Crippen LogP contribution >= 0.6 is 0 Å². The van der Waals surface area contributed by atoms with E-state index in [1.54, 1.807) is 12.4 Å². The Hall–Kier alpha value is -0.844. The van der Waals surface area contributed by atoms with E-state index in [0.29, 0.717) is 11.2 Å². The van der Waals surface area contributed by atoms with Crippen LogP contribution in [0.2, 0.25) is 0 Å². The van der Waals surface area contributed by atoms with Crippen LogP contribution in [0.25, 0.3) is 5.65 Å². The summed E-state index contributed by atoms with van der Waals surface area (Å²) in [5.74, 6) is -1.66. The number of carboxylic acids is 1. The van der Waals surface area contributed by atoms with Gasteiger partial charge in [-0.2, -0.15) is 5.10 Å². The van der Waals surface area contributed by atoms with Crippen LogP contribution in [0.5, 0.6) is 0 Å². The number of fused-ring (bicyclic) bond motifs is 1. The van der Waals surface area contributed by atoms with Crippen LogP contribution in [0.4, 0.5) is 0 Å². The molecular formula is C13H15KN4O4. The molecule has 112 valence electrons. The van der Waals surface area contributed by atoms with Gasteiger partial charge in [0.05, 0.1) is 12.3 Å². The first kappa shape index (κ1) is 19.2. The number of rotatable bonds is 6. The SMILES string of the molecule is Cc1cnc2c(C(=O)NCC(O)CCC(=O)[O-])cnn2c1.[K+]. The van der Waals surface area contributed by atoms with Crippen LogP contribution in [0.15, 0.2) is 18.6 Å². The molecule has 0 fully saturated rings. The summed E-state index contributed by atoms with van der Waals surface area (Å²) in [6, 6.07) is 0. The molecule has 1 atom stereocenters. The number of aryl methyl sites for hydroxylation is 1. The van der Waals surface area contributed by atoms with Crippen LogP contribution in [-0.4, -0.2) is 44.2 Å². The Balaban J connectivity index is 0.00000242. The second-order valence-corrected chi connectivity index (χ2v) is 4.73. The first-order valence-corrected chi connectivity index (χ1v) is 6.43. The number of aromatic nitrogens is 3. The average molecular weight is 330 g/mol. The number of carbonyl (C=O) groups is 2. The number of hydrogen-bond acceptors (Lipinski definition) is 6. The third kappa shape index (κ3) is 5.11. The third-order valence-electron chi connectivity index (χ3n) is 2.91. The molecule has 0 radical (unpaired) electrons. The van der Waals surface area contributed by atoms with Crippen molar-refractivity contribution in [2.45, 2.75) is 25.9 Å². The van der Waals surface area contributed by atoms with Gasteiger partial charge in [-0.05, 0) is 25.3 Å². The molecule has 1 amide bonds. The molecule has 0 spiro atoms. The van der Waals surface area contributed by atoms with E-state index in [0.717, 1.165) is 5.56 Å². The van der Waals surface area contributed by atoms with Crippen LogP contribution in [0.1, 0.15) is 28.8 Å². The summed E-state index contributed by atoms with van der Waals surface area (Å²) in [5.41, 5.74) is 1.62. The van der Waals surface area contributed by atoms with Gasteiger partial charge in [0.25, 0.3) is 5.91 Å². The average Bonchev–Trinajstić information content (AvgIpc) is 2.85. The fourth-order valence-corrected chi connectivity index (χ4v) is 1.82. The van der Waals surface area contributed by atoms with Crippen LogP contribution in [-0.2, 0) is 4.79 Å². The summed E-state index contributed by atoms with van der Waals surface area (Å²) >= 11 is 0. The minimum absolute atomic E-state index is 0.